The number of guanidine groups is 1. The van der Waals surface area contributed by atoms with Gasteiger partial charge in [-0.2, -0.15) is 0 Å². The smallest absolute Gasteiger partial charge is 0.191 e. The highest BCUT2D eigenvalue weighted by Crippen LogP contribution is 2.18. The first kappa shape index (κ1) is 20.5. The highest BCUT2D eigenvalue weighted by atomic mass is 16.5. The first-order valence-electron chi connectivity index (χ1n) is 10.2. The third-order valence-electron chi connectivity index (χ3n) is 5.27. The second-order valence-electron chi connectivity index (χ2n) is 7.06. The van der Waals surface area contributed by atoms with Crippen LogP contribution < -0.4 is 10.6 Å². The summed E-state index contributed by atoms with van der Waals surface area (Å²) in [7, 11) is 1.84. The predicted octanol–water partition coefficient (Wildman–Crippen LogP) is 2.00. The summed E-state index contributed by atoms with van der Waals surface area (Å²) >= 11 is 0. The van der Waals surface area contributed by atoms with Gasteiger partial charge in [0.05, 0.1) is 6.10 Å². The number of rotatable bonds is 9. The Morgan fingerprint density at radius 2 is 1.96 bits per heavy atom. The molecular formula is C19H38N4O2. The van der Waals surface area contributed by atoms with Gasteiger partial charge in [0.2, 0.25) is 0 Å². The molecule has 2 rings (SSSR count). The van der Waals surface area contributed by atoms with E-state index < -0.39 is 0 Å². The van der Waals surface area contributed by atoms with Crippen LogP contribution in [-0.2, 0) is 9.47 Å². The van der Waals surface area contributed by atoms with E-state index in [0.29, 0.717) is 6.10 Å². The fourth-order valence-corrected chi connectivity index (χ4v) is 3.73. The molecule has 0 radical (unpaired) electrons. The Morgan fingerprint density at radius 3 is 2.72 bits per heavy atom. The number of nitrogens with zero attached hydrogens (tertiary/aromatic N) is 2. The van der Waals surface area contributed by atoms with E-state index >= 15 is 0 Å². The Hall–Kier alpha value is -0.850. The average molecular weight is 355 g/mol. The van der Waals surface area contributed by atoms with Gasteiger partial charge < -0.3 is 20.1 Å². The molecule has 0 aromatic rings. The Labute approximate surface area is 153 Å². The SMILES string of the molecule is CCC1CCCCN1CCNC(=NC)NCCCOC1CCOCC1. The average Bonchev–Trinajstić information content (AvgIpc) is 2.67. The fraction of sp³-hybridized carbons (Fsp3) is 0.947. The monoisotopic (exact) mass is 354 g/mol. The molecule has 2 heterocycles. The first-order chi connectivity index (χ1) is 12.3. The van der Waals surface area contributed by atoms with E-state index in [9.17, 15) is 0 Å². The lowest BCUT2D eigenvalue weighted by molar-refractivity contribution is -0.0320. The van der Waals surface area contributed by atoms with Crippen LogP contribution in [0.5, 0.6) is 0 Å². The number of nitrogens with one attached hydrogen (secondary N) is 2. The van der Waals surface area contributed by atoms with Crippen LogP contribution in [-0.4, -0.2) is 76.1 Å². The van der Waals surface area contributed by atoms with E-state index in [-0.39, 0.29) is 0 Å². The molecule has 2 aliphatic rings. The molecule has 0 aliphatic carbocycles. The molecule has 6 heteroatoms. The third kappa shape index (κ3) is 7.92. The molecule has 0 spiro atoms. The van der Waals surface area contributed by atoms with Crippen molar-refractivity contribution in [2.45, 2.75) is 64.0 Å². The highest BCUT2D eigenvalue weighted by Gasteiger charge is 2.20. The number of hydrogen-bond donors (Lipinski definition) is 2. The minimum absolute atomic E-state index is 0.391. The van der Waals surface area contributed by atoms with Gasteiger partial charge in [0, 0.05) is 52.5 Å². The molecule has 0 aromatic heterocycles. The molecule has 2 fully saturated rings. The third-order valence-corrected chi connectivity index (χ3v) is 5.27. The Balaban J connectivity index is 1.51. The Bertz CT molecular complexity index is 372. The maximum atomic E-state index is 5.90. The minimum atomic E-state index is 0.391. The van der Waals surface area contributed by atoms with Crippen molar-refractivity contribution < 1.29 is 9.47 Å². The zero-order valence-electron chi connectivity index (χ0n) is 16.3. The van der Waals surface area contributed by atoms with Gasteiger partial charge in [-0.3, -0.25) is 9.89 Å². The van der Waals surface area contributed by atoms with Crippen molar-refractivity contribution >= 4 is 5.96 Å². The maximum Gasteiger partial charge on any atom is 0.191 e. The van der Waals surface area contributed by atoms with Gasteiger partial charge in [0.1, 0.15) is 0 Å². The number of piperidine rings is 1. The maximum absolute atomic E-state index is 5.90. The van der Waals surface area contributed by atoms with Crippen molar-refractivity contribution in [1.82, 2.24) is 15.5 Å². The van der Waals surface area contributed by atoms with Gasteiger partial charge in [-0.15, -0.1) is 0 Å². The topological polar surface area (TPSA) is 58.1 Å². The molecule has 1 unspecified atom stereocenters. The molecule has 2 aliphatic heterocycles. The summed E-state index contributed by atoms with van der Waals surface area (Å²) in [5.41, 5.74) is 0. The zero-order chi connectivity index (χ0) is 17.7. The molecule has 0 amide bonds. The fourth-order valence-electron chi connectivity index (χ4n) is 3.73. The minimum Gasteiger partial charge on any atom is -0.381 e. The van der Waals surface area contributed by atoms with E-state index in [1.165, 1.54) is 32.2 Å². The van der Waals surface area contributed by atoms with Crippen LogP contribution >= 0.6 is 0 Å². The molecule has 6 nitrogen and oxygen atoms in total. The van der Waals surface area contributed by atoms with Crippen LogP contribution in [0.2, 0.25) is 0 Å². The molecule has 0 aromatic carbocycles. The van der Waals surface area contributed by atoms with Gasteiger partial charge in [-0.1, -0.05) is 13.3 Å². The van der Waals surface area contributed by atoms with Crippen LogP contribution in [0.15, 0.2) is 4.99 Å². The van der Waals surface area contributed by atoms with Crippen LogP contribution in [0.1, 0.15) is 51.9 Å². The van der Waals surface area contributed by atoms with E-state index in [1.54, 1.807) is 0 Å². The summed E-state index contributed by atoms with van der Waals surface area (Å²) < 4.78 is 11.2. The van der Waals surface area contributed by atoms with Gasteiger partial charge in [0.15, 0.2) is 5.96 Å². The molecule has 1 atom stereocenters. The van der Waals surface area contributed by atoms with E-state index in [0.717, 1.165) is 70.7 Å². The van der Waals surface area contributed by atoms with Gasteiger partial charge >= 0.3 is 0 Å². The lowest BCUT2D eigenvalue weighted by Gasteiger charge is -2.35. The molecule has 0 bridgehead atoms. The Morgan fingerprint density at radius 1 is 1.16 bits per heavy atom. The quantitative estimate of drug-likeness (QED) is 0.377. The van der Waals surface area contributed by atoms with Crippen LogP contribution in [0, 0.1) is 0 Å². The van der Waals surface area contributed by atoms with Gasteiger partial charge in [-0.05, 0) is 45.1 Å². The summed E-state index contributed by atoms with van der Waals surface area (Å²) in [6, 6.07) is 0.771. The summed E-state index contributed by atoms with van der Waals surface area (Å²) in [5.74, 6) is 0.899. The predicted molar refractivity (Wildman–Crippen MR) is 103 cm³/mol. The molecule has 146 valence electrons. The van der Waals surface area contributed by atoms with Gasteiger partial charge in [0.25, 0.3) is 0 Å². The normalized spacial score (nSPS) is 23.6. The molecular weight excluding hydrogens is 316 g/mol. The van der Waals surface area contributed by atoms with Crippen molar-refractivity contribution in [2.75, 3.05) is 53.0 Å². The summed E-state index contributed by atoms with van der Waals surface area (Å²) in [4.78, 5) is 6.95. The van der Waals surface area contributed by atoms with Crippen molar-refractivity contribution in [3.8, 4) is 0 Å². The van der Waals surface area contributed by atoms with Gasteiger partial charge in [-0.25, -0.2) is 0 Å². The second kappa shape index (κ2) is 12.5. The Kier molecular flexibility index (Phi) is 10.2. The molecule has 0 saturated carbocycles. The molecule has 2 N–H and O–H groups in total. The van der Waals surface area contributed by atoms with E-state index in [1.807, 2.05) is 7.05 Å². The van der Waals surface area contributed by atoms with Crippen molar-refractivity contribution in [2.24, 2.45) is 4.99 Å². The molecule has 2 saturated heterocycles. The number of ether oxygens (including phenoxy) is 2. The van der Waals surface area contributed by atoms with E-state index in [2.05, 4.69) is 27.4 Å². The van der Waals surface area contributed by atoms with Crippen molar-refractivity contribution in [3.63, 3.8) is 0 Å². The largest absolute Gasteiger partial charge is 0.381 e. The second-order valence-corrected chi connectivity index (χ2v) is 7.06. The number of hydrogen-bond acceptors (Lipinski definition) is 4. The summed E-state index contributed by atoms with van der Waals surface area (Å²) in [6.07, 6.45) is 8.82. The number of aliphatic imine (C=N–C) groups is 1. The lowest BCUT2D eigenvalue weighted by atomic mass is 10.0. The van der Waals surface area contributed by atoms with E-state index in [4.69, 9.17) is 9.47 Å². The highest BCUT2D eigenvalue weighted by molar-refractivity contribution is 5.79. The number of likely N-dealkylation sites (tertiary alicyclic amines) is 1. The first-order valence-corrected chi connectivity index (χ1v) is 10.2. The lowest BCUT2D eigenvalue weighted by Crippen LogP contribution is -2.46. The summed E-state index contributed by atoms with van der Waals surface area (Å²) in [6.45, 7) is 8.99. The zero-order valence-corrected chi connectivity index (χ0v) is 16.3. The van der Waals surface area contributed by atoms with Crippen LogP contribution in [0.25, 0.3) is 0 Å². The van der Waals surface area contributed by atoms with Crippen LogP contribution in [0.3, 0.4) is 0 Å². The van der Waals surface area contributed by atoms with Crippen molar-refractivity contribution in [1.29, 1.82) is 0 Å². The van der Waals surface area contributed by atoms with Crippen molar-refractivity contribution in [3.05, 3.63) is 0 Å². The van der Waals surface area contributed by atoms with Crippen LogP contribution in [0.4, 0.5) is 0 Å². The standard InChI is InChI=1S/C19H38N4O2/c1-3-17-7-4-5-12-23(17)13-11-22-19(20-2)21-10-6-14-25-18-8-15-24-16-9-18/h17-18H,3-16H2,1-2H3,(H2,20,21,22). The molecule has 25 heavy (non-hydrogen) atoms. The summed E-state index contributed by atoms with van der Waals surface area (Å²) in [5, 5.41) is 6.83.